The van der Waals surface area contributed by atoms with E-state index in [1.54, 1.807) is 0 Å². The Bertz CT molecular complexity index is 2360. The van der Waals surface area contributed by atoms with Crippen LogP contribution >= 0.6 is 23.5 Å². The smallest absolute Gasteiger partial charge is 0.249 e. The fourth-order valence-electron chi connectivity index (χ4n) is 8.12. The molecule has 0 atom stereocenters. The molecule has 7 aromatic rings. The fraction of sp³-hybridized carbons (Fsp3) is 0. The molecule has 5 heterocycles. The summed E-state index contributed by atoms with van der Waals surface area (Å²) >= 11 is 3.90. The lowest BCUT2D eigenvalue weighted by atomic mass is 9.31. The van der Waals surface area contributed by atoms with Gasteiger partial charge in [0.2, 0.25) is 13.4 Å². The van der Waals surface area contributed by atoms with Gasteiger partial charge in [0, 0.05) is 58.4 Å². The Hall–Kier alpha value is -4.25. The lowest BCUT2D eigenvalue weighted by molar-refractivity contribution is 1.16. The van der Waals surface area contributed by atoms with Crippen molar-refractivity contribution in [1.29, 1.82) is 0 Å². The summed E-state index contributed by atoms with van der Waals surface area (Å²) in [5.74, 6) is 0. The predicted molar refractivity (Wildman–Crippen MR) is 181 cm³/mol. The van der Waals surface area contributed by atoms with Gasteiger partial charge in [-0.15, -0.1) is 0 Å². The van der Waals surface area contributed by atoms with Gasteiger partial charge in [0.05, 0.1) is 0 Å². The molecule has 0 spiro atoms. The van der Waals surface area contributed by atoms with E-state index < -0.39 is 0 Å². The van der Waals surface area contributed by atoms with Gasteiger partial charge in [0.25, 0.3) is 0 Å². The van der Waals surface area contributed by atoms with Crippen molar-refractivity contribution in [2.24, 2.45) is 0 Å². The van der Waals surface area contributed by atoms with Crippen LogP contribution in [0.4, 0.5) is 11.4 Å². The summed E-state index contributed by atoms with van der Waals surface area (Å²) in [5.41, 5.74) is 15.2. The van der Waals surface area contributed by atoms with Crippen LogP contribution in [0.15, 0.2) is 135 Å². The Kier molecular flexibility index (Phi) is 4.14. The quantitative estimate of drug-likeness (QED) is 0.293. The van der Waals surface area contributed by atoms with Crippen LogP contribution < -0.4 is 38.1 Å². The molecular formula is C36H20B2N2S2. The summed E-state index contributed by atoms with van der Waals surface area (Å²) in [6.07, 6.45) is 0. The van der Waals surface area contributed by atoms with Gasteiger partial charge in [0.15, 0.2) is 0 Å². The second-order valence-electron chi connectivity index (χ2n) is 11.7. The number of para-hydroxylation sites is 3. The zero-order chi connectivity index (χ0) is 27.1. The highest BCUT2D eigenvalue weighted by atomic mass is 32.2. The molecular weight excluding hydrogens is 546 g/mol. The molecule has 0 radical (unpaired) electrons. The van der Waals surface area contributed by atoms with Crippen LogP contribution in [0.25, 0.3) is 27.5 Å². The van der Waals surface area contributed by atoms with Crippen molar-refractivity contribution in [1.82, 2.24) is 4.57 Å². The second kappa shape index (κ2) is 7.77. The molecule has 6 heteroatoms. The Morgan fingerprint density at radius 3 is 1.83 bits per heavy atom. The topological polar surface area (TPSA) is 17.0 Å². The van der Waals surface area contributed by atoms with E-state index in [2.05, 4.69) is 125 Å². The Morgan fingerprint density at radius 2 is 1.10 bits per heavy atom. The molecule has 0 amide bonds. The van der Waals surface area contributed by atoms with E-state index in [1.165, 1.54) is 79.9 Å². The third-order valence-corrected chi connectivity index (χ3v) is 12.0. The normalized spacial score (nSPS) is 14.4. The van der Waals surface area contributed by atoms with Crippen molar-refractivity contribution in [3.8, 4) is 5.69 Å². The molecule has 4 aliphatic heterocycles. The largest absolute Gasteiger partial charge is 0.356 e. The van der Waals surface area contributed by atoms with Gasteiger partial charge in [-0.2, -0.15) is 0 Å². The maximum absolute atomic E-state index is 3.67. The van der Waals surface area contributed by atoms with Crippen molar-refractivity contribution in [2.75, 3.05) is 5.32 Å². The van der Waals surface area contributed by atoms with Crippen molar-refractivity contribution >= 4 is 103 Å². The number of nitrogens with zero attached hydrogens (tertiary/aromatic N) is 1. The maximum Gasteiger partial charge on any atom is 0.249 e. The molecule has 0 saturated heterocycles. The first-order valence-corrected chi connectivity index (χ1v) is 16.1. The number of aromatic nitrogens is 1. The summed E-state index contributed by atoms with van der Waals surface area (Å²) in [5, 5.41) is 6.41. The third-order valence-electron chi connectivity index (χ3n) is 9.65. The lowest BCUT2D eigenvalue weighted by Crippen LogP contribution is -2.65. The maximum atomic E-state index is 3.67. The fourth-order valence-corrected chi connectivity index (χ4v) is 10.5. The number of benzene rings is 6. The predicted octanol–water partition coefficient (Wildman–Crippen LogP) is 5.12. The van der Waals surface area contributed by atoms with Crippen LogP contribution in [-0.2, 0) is 0 Å². The lowest BCUT2D eigenvalue weighted by Gasteiger charge is -2.40. The summed E-state index contributed by atoms with van der Waals surface area (Å²) in [4.78, 5) is 5.55. The van der Waals surface area contributed by atoms with Crippen LogP contribution in [0.1, 0.15) is 0 Å². The second-order valence-corrected chi connectivity index (χ2v) is 13.9. The van der Waals surface area contributed by atoms with Crippen LogP contribution in [0, 0.1) is 0 Å². The minimum atomic E-state index is 0.193. The number of anilines is 2. The standard InChI is InChI=1S/C36H20B2N2S2/c1-2-8-20(9-3-1)39-21-16-17-29-27(18-21)38-26-14-7-11-23-22-10-6-13-25-34(22)40(35(23)26)36-32-30(19-31(42-29)33(36)38)41-28-15-5-4-12-24(28)37(25)32/h1-19,39H. The summed E-state index contributed by atoms with van der Waals surface area (Å²) < 4.78 is 2.66. The van der Waals surface area contributed by atoms with E-state index in [0.29, 0.717) is 0 Å². The number of hydrogen-bond donors (Lipinski definition) is 1. The molecule has 0 saturated carbocycles. The summed E-state index contributed by atoms with van der Waals surface area (Å²) in [6, 6.07) is 43.0. The molecule has 2 nitrogen and oxygen atoms in total. The monoisotopic (exact) mass is 566 g/mol. The minimum Gasteiger partial charge on any atom is -0.356 e. The highest BCUT2D eigenvalue weighted by Gasteiger charge is 2.47. The van der Waals surface area contributed by atoms with Crippen molar-refractivity contribution in [2.45, 2.75) is 19.6 Å². The Balaban J connectivity index is 1.27. The van der Waals surface area contributed by atoms with Crippen LogP contribution in [0.5, 0.6) is 0 Å². The van der Waals surface area contributed by atoms with E-state index in [0.717, 1.165) is 11.4 Å². The molecule has 11 rings (SSSR count). The zero-order valence-corrected chi connectivity index (χ0v) is 24.0. The van der Waals surface area contributed by atoms with E-state index >= 15 is 0 Å². The number of rotatable bonds is 2. The minimum absolute atomic E-state index is 0.193. The number of hydrogen-bond acceptors (Lipinski definition) is 3. The SMILES string of the molecule is c1ccc(Nc2ccc3c(c2)B2c4c(cc5c6c4-n4c7c(cccc7c7cccc2c74)B6c2ccccc2S5)S3)cc1. The summed E-state index contributed by atoms with van der Waals surface area (Å²) in [6.45, 7) is 0.442. The first-order chi connectivity index (χ1) is 20.8. The molecule has 1 N–H and O–H groups in total. The average Bonchev–Trinajstić information content (AvgIpc) is 3.38. The van der Waals surface area contributed by atoms with Crippen molar-refractivity contribution in [3.63, 3.8) is 0 Å². The summed E-state index contributed by atoms with van der Waals surface area (Å²) in [7, 11) is 0. The van der Waals surface area contributed by atoms with Gasteiger partial charge in [-0.3, -0.25) is 0 Å². The van der Waals surface area contributed by atoms with Crippen LogP contribution in [0.2, 0.25) is 0 Å². The first kappa shape index (κ1) is 22.4. The van der Waals surface area contributed by atoms with Gasteiger partial charge in [-0.05, 0) is 64.3 Å². The highest BCUT2D eigenvalue weighted by Crippen LogP contribution is 2.43. The number of nitrogens with one attached hydrogen (secondary N) is 1. The van der Waals surface area contributed by atoms with Gasteiger partial charge in [-0.25, -0.2) is 0 Å². The first-order valence-electron chi connectivity index (χ1n) is 14.5. The molecule has 42 heavy (non-hydrogen) atoms. The zero-order valence-electron chi connectivity index (χ0n) is 22.4. The van der Waals surface area contributed by atoms with Crippen LogP contribution in [-0.4, -0.2) is 18.0 Å². The van der Waals surface area contributed by atoms with Crippen molar-refractivity contribution < 1.29 is 0 Å². The van der Waals surface area contributed by atoms with Gasteiger partial charge >= 0.3 is 0 Å². The molecule has 4 aliphatic rings. The van der Waals surface area contributed by atoms with E-state index in [-0.39, 0.29) is 13.4 Å². The van der Waals surface area contributed by atoms with E-state index in [4.69, 9.17) is 0 Å². The molecule has 1 aromatic heterocycles. The molecule has 192 valence electrons. The number of fused-ring (bicyclic) bond motifs is 7. The van der Waals surface area contributed by atoms with E-state index in [9.17, 15) is 0 Å². The molecule has 0 aliphatic carbocycles. The molecule has 0 unspecified atom stereocenters. The Labute approximate surface area is 252 Å². The van der Waals surface area contributed by atoms with Gasteiger partial charge in [-0.1, -0.05) is 107 Å². The molecule has 6 aromatic carbocycles. The Morgan fingerprint density at radius 1 is 0.476 bits per heavy atom. The van der Waals surface area contributed by atoms with E-state index in [1.807, 2.05) is 23.5 Å². The highest BCUT2D eigenvalue weighted by molar-refractivity contribution is 8.01. The third kappa shape index (κ3) is 2.65. The van der Waals surface area contributed by atoms with Crippen molar-refractivity contribution in [3.05, 3.63) is 115 Å². The van der Waals surface area contributed by atoms with Gasteiger partial charge in [0.1, 0.15) is 0 Å². The van der Waals surface area contributed by atoms with Gasteiger partial charge < -0.3 is 9.88 Å². The van der Waals surface area contributed by atoms with Crippen LogP contribution in [0.3, 0.4) is 0 Å². The molecule has 0 bridgehead atoms. The molecule has 0 fully saturated rings. The average molecular weight is 566 g/mol.